The second-order valence-corrected chi connectivity index (χ2v) is 10.6. The van der Waals surface area contributed by atoms with E-state index < -0.39 is 0 Å². The summed E-state index contributed by atoms with van der Waals surface area (Å²) in [7, 11) is 0. The van der Waals surface area contributed by atoms with E-state index in [-0.39, 0.29) is 0 Å². The molecule has 0 unspecified atom stereocenters. The number of anilines is 1. The summed E-state index contributed by atoms with van der Waals surface area (Å²) < 4.78 is 6.90. The number of ether oxygens (including phenoxy) is 1. The summed E-state index contributed by atoms with van der Waals surface area (Å²) in [6, 6.07) is 2.29. The van der Waals surface area contributed by atoms with E-state index in [4.69, 9.17) is 15.5 Å². The van der Waals surface area contributed by atoms with Gasteiger partial charge < -0.3 is 10.5 Å². The number of nitrogens with two attached hydrogens (primary N) is 1. The van der Waals surface area contributed by atoms with E-state index in [9.17, 15) is 0 Å². The Kier molecular flexibility index (Phi) is 7.34. The summed E-state index contributed by atoms with van der Waals surface area (Å²) in [6.45, 7) is 5.90. The zero-order valence-corrected chi connectivity index (χ0v) is 19.7. The molecule has 2 aromatic rings. The number of hydrogen-bond acceptors (Lipinski definition) is 5. The summed E-state index contributed by atoms with van der Waals surface area (Å²) in [6.07, 6.45) is 17.8. The minimum Gasteiger partial charge on any atom is -0.397 e. The molecule has 0 amide bonds. The van der Waals surface area contributed by atoms with Crippen LogP contribution in [-0.2, 0) is 4.74 Å². The highest BCUT2D eigenvalue weighted by atomic mass is 32.2. The number of fused-ring (bicyclic) bond motifs is 1. The number of nitrogens with zero attached hydrogens (tertiary/aromatic N) is 1. The minimum atomic E-state index is 0.489. The smallest absolute Gasteiger partial charge is 0.127 e. The number of allylic oxidation sites excluding steroid dienone is 6. The lowest BCUT2D eigenvalue weighted by molar-refractivity contribution is 0.0856. The van der Waals surface area contributed by atoms with Crippen LogP contribution in [0, 0.1) is 0 Å². The molecule has 2 aliphatic rings. The van der Waals surface area contributed by atoms with E-state index in [1.165, 1.54) is 34.4 Å². The molecule has 0 radical (unpaired) electrons. The van der Waals surface area contributed by atoms with Gasteiger partial charge in [-0.2, -0.15) is 0 Å². The summed E-state index contributed by atoms with van der Waals surface area (Å²) in [5.74, 6) is 0.489. The predicted octanol–water partition coefficient (Wildman–Crippen LogP) is 7.34. The molecule has 1 aliphatic carbocycles. The lowest BCUT2D eigenvalue weighted by Crippen LogP contribution is -2.15. The second kappa shape index (κ2) is 10.2. The third-order valence-electron chi connectivity index (χ3n) is 6.05. The van der Waals surface area contributed by atoms with E-state index in [0.717, 1.165) is 59.5 Å². The maximum Gasteiger partial charge on any atom is 0.127 e. The molecule has 3 heterocycles. The molecular weight excluding hydrogens is 408 g/mol. The Morgan fingerprint density at radius 3 is 2.73 bits per heavy atom. The van der Waals surface area contributed by atoms with Crippen molar-refractivity contribution < 1.29 is 4.74 Å². The maximum absolute atomic E-state index is 6.73. The van der Waals surface area contributed by atoms with Gasteiger partial charge >= 0.3 is 0 Å². The van der Waals surface area contributed by atoms with E-state index >= 15 is 0 Å². The summed E-state index contributed by atoms with van der Waals surface area (Å²) in [4.78, 5) is 6.17. The summed E-state index contributed by atoms with van der Waals surface area (Å²) in [5.41, 5.74) is 11.3. The molecule has 1 saturated carbocycles. The van der Waals surface area contributed by atoms with Crippen molar-refractivity contribution in [2.75, 3.05) is 18.9 Å². The zero-order valence-electron chi connectivity index (χ0n) is 18.0. The van der Waals surface area contributed by atoms with E-state index in [1.54, 1.807) is 11.3 Å². The molecule has 0 aromatic carbocycles. The molecular formula is C25H32N2OS2. The first-order valence-corrected chi connectivity index (χ1v) is 12.9. The first-order valence-electron chi connectivity index (χ1n) is 11.2. The Bertz CT molecular complexity index is 963. The van der Waals surface area contributed by atoms with Crippen molar-refractivity contribution >= 4 is 44.6 Å². The fourth-order valence-corrected chi connectivity index (χ4v) is 6.84. The molecule has 0 bridgehead atoms. The summed E-state index contributed by atoms with van der Waals surface area (Å²) in [5, 5.41) is 1.92. The van der Waals surface area contributed by atoms with Crippen LogP contribution in [0.2, 0.25) is 0 Å². The molecule has 2 fully saturated rings. The number of aromatic nitrogens is 1. The van der Waals surface area contributed by atoms with Gasteiger partial charge in [-0.25, -0.2) is 4.98 Å². The number of pyridine rings is 1. The van der Waals surface area contributed by atoms with Crippen LogP contribution in [0.1, 0.15) is 69.5 Å². The Hall–Kier alpha value is -1.56. The van der Waals surface area contributed by atoms with Crippen molar-refractivity contribution in [1.29, 1.82) is 0 Å². The molecule has 0 atom stereocenters. The standard InChI is InChI=1S/C25H32N2OS2/c1-3-5-6-7-9-17(4-2)21-16-20(18-12-14-28-15-13-18)22-23(26)25(30-24(22)27-21)29-19-10-8-11-19/h4-7,9,16,18-19H,3,8,10-15,26H2,1-2H3/b6-5+,9-7-,17-4+. The second-order valence-electron chi connectivity index (χ2n) is 8.08. The Morgan fingerprint density at radius 2 is 2.07 bits per heavy atom. The Balaban J connectivity index is 1.77. The average Bonchev–Trinajstić information content (AvgIpc) is 3.06. The summed E-state index contributed by atoms with van der Waals surface area (Å²) >= 11 is 3.75. The molecule has 2 aromatic heterocycles. The van der Waals surface area contributed by atoms with Gasteiger partial charge in [-0.1, -0.05) is 43.7 Å². The molecule has 2 N–H and O–H groups in total. The van der Waals surface area contributed by atoms with Gasteiger partial charge in [-0.3, -0.25) is 0 Å². The van der Waals surface area contributed by atoms with Gasteiger partial charge in [0.15, 0.2) is 0 Å². The van der Waals surface area contributed by atoms with Gasteiger partial charge in [0.1, 0.15) is 4.83 Å². The highest BCUT2D eigenvalue weighted by molar-refractivity contribution is 8.02. The van der Waals surface area contributed by atoms with Crippen LogP contribution in [0.5, 0.6) is 0 Å². The van der Waals surface area contributed by atoms with E-state index in [2.05, 4.69) is 50.3 Å². The lowest BCUT2D eigenvalue weighted by Gasteiger charge is -2.24. The van der Waals surface area contributed by atoms with Crippen molar-refractivity contribution in [2.24, 2.45) is 0 Å². The van der Waals surface area contributed by atoms with Gasteiger partial charge in [0.05, 0.1) is 15.6 Å². The van der Waals surface area contributed by atoms with Crippen molar-refractivity contribution in [1.82, 2.24) is 4.98 Å². The number of hydrogen-bond donors (Lipinski definition) is 1. The van der Waals surface area contributed by atoms with Crippen molar-refractivity contribution in [3.05, 3.63) is 47.7 Å². The third-order valence-corrected chi connectivity index (χ3v) is 8.72. The normalized spacial score (nSPS) is 19.3. The third kappa shape index (κ3) is 4.68. The monoisotopic (exact) mass is 440 g/mol. The SMILES string of the molecule is C\C=C(/C=C\C=C\CC)c1cc(C2CCOCC2)c2c(N)c(SC3CCC3)sc2n1. The maximum atomic E-state index is 6.73. The van der Waals surface area contributed by atoms with Gasteiger partial charge in [0.25, 0.3) is 0 Å². The molecule has 30 heavy (non-hydrogen) atoms. The molecule has 5 heteroatoms. The molecule has 1 aliphatic heterocycles. The Morgan fingerprint density at radius 1 is 1.27 bits per heavy atom. The highest BCUT2D eigenvalue weighted by Gasteiger charge is 2.26. The van der Waals surface area contributed by atoms with Crippen molar-refractivity contribution in [2.45, 2.75) is 67.7 Å². The van der Waals surface area contributed by atoms with Gasteiger partial charge in [0, 0.05) is 23.8 Å². The first-order chi connectivity index (χ1) is 14.7. The first kappa shape index (κ1) is 21.7. The van der Waals surface area contributed by atoms with E-state index in [0.29, 0.717) is 5.92 Å². The quantitative estimate of drug-likeness (QED) is 0.457. The van der Waals surface area contributed by atoms with Crippen molar-refractivity contribution in [3.63, 3.8) is 0 Å². The largest absolute Gasteiger partial charge is 0.397 e. The highest BCUT2D eigenvalue weighted by Crippen LogP contribution is 2.48. The van der Waals surface area contributed by atoms with Crippen LogP contribution >= 0.6 is 23.1 Å². The fraction of sp³-hybridized carbons (Fsp3) is 0.480. The molecule has 3 nitrogen and oxygen atoms in total. The molecule has 160 valence electrons. The fourth-order valence-electron chi connectivity index (χ4n) is 4.04. The average molecular weight is 441 g/mol. The van der Waals surface area contributed by atoms with E-state index in [1.807, 2.05) is 11.8 Å². The topological polar surface area (TPSA) is 48.1 Å². The zero-order chi connectivity index (χ0) is 20.9. The van der Waals surface area contributed by atoms with Crippen LogP contribution in [0.3, 0.4) is 0 Å². The number of thioether (sulfide) groups is 1. The van der Waals surface area contributed by atoms with Crippen LogP contribution < -0.4 is 5.73 Å². The van der Waals surface area contributed by atoms with Gasteiger partial charge in [-0.05, 0) is 62.1 Å². The van der Waals surface area contributed by atoms with Gasteiger partial charge in [-0.15, -0.1) is 23.1 Å². The molecule has 0 spiro atoms. The van der Waals surface area contributed by atoms with Crippen LogP contribution in [-0.4, -0.2) is 23.4 Å². The van der Waals surface area contributed by atoms with Crippen LogP contribution in [0.25, 0.3) is 15.8 Å². The predicted molar refractivity (Wildman–Crippen MR) is 133 cm³/mol. The number of nitrogen functional groups attached to an aromatic ring is 1. The molecule has 1 saturated heterocycles. The minimum absolute atomic E-state index is 0.489. The lowest BCUT2D eigenvalue weighted by atomic mass is 9.89. The van der Waals surface area contributed by atoms with Crippen LogP contribution in [0.4, 0.5) is 5.69 Å². The number of rotatable bonds is 7. The van der Waals surface area contributed by atoms with Crippen molar-refractivity contribution in [3.8, 4) is 0 Å². The Labute approximate surface area is 188 Å². The number of thiophene rings is 1. The van der Waals surface area contributed by atoms with Crippen LogP contribution in [0.15, 0.2) is 40.7 Å². The van der Waals surface area contributed by atoms with Gasteiger partial charge in [0.2, 0.25) is 0 Å². The molecule has 4 rings (SSSR count).